The van der Waals surface area contributed by atoms with Gasteiger partial charge in [-0.3, -0.25) is 4.79 Å². The van der Waals surface area contributed by atoms with Crippen LogP contribution >= 0.6 is 0 Å². The van der Waals surface area contributed by atoms with Gasteiger partial charge in [0.1, 0.15) is 18.2 Å². The van der Waals surface area contributed by atoms with Crippen molar-refractivity contribution in [2.45, 2.75) is 6.92 Å². The number of aromatic nitrogens is 2. The molecule has 122 valence electrons. The van der Waals surface area contributed by atoms with Crippen LogP contribution in [0.3, 0.4) is 0 Å². The van der Waals surface area contributed by atoms with Crippen LogP contribution in [0.5, 0.6) is 11.5 Å². The molecule has 0 aliphatic carbocycles. The number of hydrogen-bond donors (Lipinski definition) is 1. The molecule has 6 heteroatoms. The van der Waals surface area contributed by atoms with Crippen molar-refractivity contribution in [1.29, 1.82) is 5.26 Å². The highest BCUT2D eigenvalue weighted by molar-refractivity contribution is 5.71. The van der Waals surface area contributed by atoms with E-state index in [0.717, 1.165) is 5.56 Å². The lowest BCUT2D eigenvalue weighted by molar-refractivity contribution is 0.326. The summed E-state index contributed by atoms with van der Waals surface area (Å²) in [4.78, 5) is 11.5. The van der Waals surface area contributed by atoms with Crippen molar-refractivity contribution >= 4 is 12.2 Å². The number of hydrogen-bond acceptors (Lipinski definition) is 5. The monoisotopic (exact) mass is 323 g/mol. The van der Waals surface area contributed by atoms with Crippen molar-refractivity contribution in [3.63, 3.8) is 0 Å². The molecule has 1 N–H and O–H groups in total. The fourth-order valence-corrected chi connectivity index (χ4v) is 2.08. The molecule has 2 aromatic rings. The molecule has 2 rings (SSSR count). The molecule has 1 aromatic carbocycles. The van der Waals surface area contributed by atoms with Crippen LogP contribution in [0.2, 0.25) is 0 Å². The summed E-state index contributed by atoms with van der Waals surface area (Å²) in [6, 6.07) is 7.37. The number of aromatic amines is 1. The van der Waals surface area contributed by atoms with Gasteiger partial charge in [-0.15, -0.1) is 0 Å². The molecule has 0 atom stereocenters. The minimum absolute atomic E-state index is 0.0652. The number of benzene rings is 1. The second-order valence-corrected chi connectivity index (χ2v) is 4.89. The van der Waals surface area contributed by atoms with Crippen LogP contribution in [0, 0.1) is 18.3 Å². The van der Waals surface area contributed by atoms with Crippen LogP contribution in [0.4, 0.5) is 0 Å². The van der Waals surface area contributed by atoms with Crippen molar-refractivity contribution in [3.05, 3.63) is 63.6 Å². The number of nitrogens with zero attached hydrogens (tertiary/aromatic N) is 2. The van der Waals surface area contributed by atoms with Gasteiger partial charge in [0, 0.05) is 0 Å². The number of ether oxygens (including phenoxy) is 2. The van der Waals surface area contributed by atoms with E-state index < -0.39 is 5.56 Å². The van der Waals surface area contributed by atoms with Crippen LogP contribution in [0.1, 0.15) is 22.4 Å². The molecular weight excluding hydrogens is 306 g/mol. The van der Waals surface area contributed by atoms with Crippen molar-refractivity contribution in [3.8, 4) is 17.6 Å². The summed E-state index contributed by atoms with van der Waals surface area (Å²) in [5.41, 5.74) is 1.50. The lowest BCUT2D eigenvalue weighted by Gasteiger charge is -2.09. The van der Waals surface area contributed by atoms with Crippen LogP contribution < -0.4 is 15.0 Å². The smallest absolute Gasteiger partial charge is 0.282 e. The second kappa shape index (κ2) is 7.79. The largest absolute Gasteiger partial charge is 0.493 e. The van der Waals surface area contributed by atoms with Gasteiger partial charge in [0.15, 0.2) is 11.5 Å². The first-order valence-electron chi connectivity index (χ1n) is 7.20. The first-order valence-corrected chi connectivity index (χ1v) is 7.20. The van der Waals surface area contributed by atoms with E-state index in [9.17, 15) is 4.79 Å². The lowest BCUT2D eigenvalue weighted by Crippen LogP contribution is -2.15. The summed E-state index contributed by atoms with van der Waals surface area (Å²) in [5.74, 6) is 1.22. The maximum Gasteiger partial charge on any atom is 0.282 e. The zero-order valence-corrected chi connectivity index (χ0v) is 13.5. The second-order valence-electron chi connectivity index (χ2n) is 4.89. The van der Waals surface area contributed by atoms with Gasteiger partial charge in [-0.1, -0.05) is 24.8 Å². The standard InChI is InChI=1S/C18H17N3O3/c1-4-9-24-16-8-6-13(10-17(16)23-3)5-7-15-12(2)14(11-19)18(22)21-20-15/h4-8,10H,1,9H2,2-3H3,(H,21,22)/b7-5+. The minimum atomic E-state index is -0.488. The van der Waals surface area contributed by atoms with Gasteiger partial charge in [-0.25, -0.2) is 5.10 Å². The van der Waals surface area contributed by atoms with E-state index in [0.29, 0.717) is 29.4 Å². The van der Waals surface area contributed by atoms with E-state index in [2.05, 4.69) is 16.8 Å². The molecule has 0 saturated heterocycles. The van der Waals surface area contributed by atoms with E-state index >= 15 is 0 Å². The fraction of sp³-hybridized carbons (Fsp3) is 0.167. The normalized spacial score (nSPS) is 10.4. The van der Waals surface area contributed by atoms with Crippen LogP contribution in [-0.2, 0) is 0 Å². The van der Waals surface area contributed by atoms with E-state index in [4.69, 9.17) is 14.7 Å². The Labute approximate surface area is 139 Å². The lowest BCUT2D eigenvalue weighted by atomic mass is 10.1. The Hall–Kier alpha value is -3.33. The van der Waals surface area contributed by atoms with Gasteiger partial charge >= 0.3 is 0 Å². The van der Waals surface area contributed by atoms with Crippen molar-refractivity contribution in [2.75, 3.05) is 13.7 Å². The molecule has 0 spiro atoms. The SMILES string of the molecule is C=CCOc1ccc(/C=C/c2n[nH]c(=O)c(C#N)c2C)cc1OC. The van der Waals surface area contributed by atoms with Gasteiger partial charge in [0.05, 0.1) is 12.8 Å². The Morgan fingerprint density at radius 3 is 2.83 bits per heavy atom. The summed E-state index contributed by atoms with van der Waals surface area (Å²) >= 11 is 0. The molecular formula is C18H17N3O3. The predicted molar refractivity (Wildman–Crippen MR) is 91.9 cm³/mol. The van der Waals surface area contributed by atoms with Crippen LogP contribution in [0.15, 0.2) is 35.6 Å². The van der Waals surface area contributed by atoms with Gasteiger partial charge in [0.25, 0.3) is 5.56 Å². The van der Waals surface area contributed by atoms with Crippen LogP contribution in [-0.4, -0.2) is 23.9 Å². The highest BCUT2D eigenvalue weighted by Crippen LogP contribution is 2.28. The summed E-state index contributed by atoms with van der Waals surface area (Å²) < 4.78 is 10.8. The van der Waals surface area contributed by atoms with Crippen molar-refractivity contribution in [1.82, 2.24) is 10.2 Å². The highest BCUT2D eigenvalue weighted by Gasteiger charge is 2.08. The molecule has 0 amide bonds. The first kappa shape index (κ1) is 17.0. The summed E-state index contributed by atoms with van der Waals surface area (Å²) in [6.07, 6.45) is 5.20. The molecule has 1 aromatic heterocycles. The maximum atomic E-state index is 11.5. The Bertz CT molecular complexity index is 876. The van der Waals surface area contributed by atoms with Gasteiger partial charge in [0.2, 0.25) is 0 Å². The molecule has 0 radical (unpaired) electrons. The van der Waals surface area contributed by atoms with Gasteiger partial charge < -0.3 is 9.47 Å². The number of rotatable bonds is 6. The third-order valence-corrected chi connectivity index (χ3v) is 3.35. The van der Waals surface area contributed by atoms with Crippen molar-refractivity contribution in [2.24, 2.45) is 0 Å². The van der Waals surface area contributed by atoms with Gasteiger partial charge in [-0.2, -0.15) is 10.4 Å². The van der Waals surface area contributed by atoms with E-state index in [-0.39, 0.29) is 5.56 Å². The third-order valence-electron chi connectivity index (χ3n) is 3.35. The average molecular weight is 323 g/mol. The molecule has 0 fully saturated rings. The number of methoxy groups -OCH3 is 1. The van der Waals surface area contributed by atoms with E-state index in [1.165, 1.54) is 0 Å². The fourth-order valence-electron chi connectivity index (χ4n) is 2.08. The molecule has 0 saturated carbocycles. The minimum Gasteiger partial charge on any atom is -0.493 e. The van der Waals surface area contributed by atoms with E-state index in [1.54, 1.807) is 32.3 Å². The number of nitriles is 1. The molecule has 0 bridgehead atoms. The molecule has 6 nitrogen and oxygen atoms in total. The summed E-state index contributed by atoms with van der Waals surface area (Å²) in [6.45, 7) is 5.69. The summed E-state index contributed by atoms with van der Waals surface area (Å²) in [7, 11) is 1.57. The highest BCUT2D eigenvalue weighted by atomic mass is 16.5. The Kier molecular flexibility index (Phi) is 5.53. The maximum absolute atomic E-state index is 11.5. The van der Waals surface area contributed by atoms with Crippen LogP contribution in [0.25, 0.3) is 12.2 Å². The topological polar surface area (TPSA) is 88.0 Å². The molecule has 0 unspecified atom stereocenters. The quantitative estimate of drug-likeness (QED) is 0.826. The molecule has 24 heavy (non-hydrogen) atoms. The first-order chi connectivity index (χ1) is 11.6. The molecule has 0 aliphatic heterocycles. The number of nitrogens with one attached hydrogen (secondary N) is 1. The Balaban J connectivity index is 2.31. The predicted octanol–water partition coefficient (Wildman–Crippen LogP) is 2.69. The average Bonchev–Trinajstić information content (AvgIpc) is 2.60. The zero-order chi connectivity index (χ0) is 17.5. The summed E-state index contributed by atoms with van der Waals surface area (Å²) in [5, 5.41) is 15.3. The third kappa shape index (κ3) is 3.70. The Morgan fingerprint density at radius 2 is 2.17 bits per heavy atom. The van der Waals surface area contributed by atoms with E-state index in [1.807, 2.05) is 24.3 Å². The Morgan fingerprint density at radius 1 is 1.38 bits per heavy atom. The molecule has 1 heterocycles. The van der Waals surface area contributed by atoms with Crippen molar-refractivity contribution < 1.29 is 9.47 Å². The molecule has 0 aliphatic rings. The number of H-pyrrole nitrogens is 1. The van der Waals surface area contributed by atoms with Gasteiger partial charge in [-0.05, 0) is 36.3 Å². The zero-order valence-electron chi connectivity index (χ0n) is 13.5.